The third kappa shape index (κ3) is 13.1. The topological polar surface area (TPSA) is 90.9 Å². The number of rotatable bonds is 16. The number of ether oxygens (including phenoxy) is 2. The van der Waals surface area contributed by atoms with Crippen LogP contribution in [0.15, 0.2) is 94.1 Å². The molecule has 0 radical (unpaired) electrons. The van der Waals surface area contributed by atoms with E-state index in [0.29, 0.717) is 43.7 Å². The number of hydrogen-bond acceptors (Lipinski definition) is 7. The lowest BCUT2D eigenvalue weighted by Gasteiger charge is -2.33. The highest BCUT2D eigenvalue weighted by Crippen LogP contribution is 2.34. The fourth-order valence-corrected chi connectivity index (χ4v) is 6.80. The number of halogens is 1. The fraction of sp³-hybridized carbons (Fsp3) is 0.400. The van der Waals surface area contributed by atoms with Crippen LogP contribution in [-0.2, 0) is 32.1 Å². The summed E-state index contributed by atoms with van der Waals surface area (Å²) in [6.45, 7) is 9.45. The molecule has 3 aromatic carbocycles. The van der Waals surface area contributed by atoms with Crippen LogP contribution in [0.25, 0.3) is 0 Å². The van der Waals surface area contributed by atoms with E-state index in [1.54, 1.807) is 39.5 Å². The first-order valence-electron chi connectivity index (χ1n) is 15.1. The van der Waals surface area contributed by atoms with Crippen LogP contribution >= 0.6 is 23.4 Å². The largest absolute Gasteiger partial charge is 0.489 e. The summed E-state index contributed by atoms with van der Waals surface area (Å²) in [5.41, 5.74) is 0.427. The molecular weight excluding hydrogens is 630 g/mol. The van der Waals surface area contributed by atoms with E-state index in [1.165, 1.54) is 6.08 Å². The van der Waals surface area contributed by atoms with Gasteiger partial charge in [0.25, 0.3) is 10.1 Å². The van der Waals surface area contributed by atoms with Crippen LogP contribution in [0.4, 0.5) is 4.79 Å². The molecule has 244 valence electrons. The Morgan fingerprint density at radius 3 is 2.36 bits per heavy atom. The van der Waals surface area contributed by atoms with Crippen LogP contribution in [0, 0.1) is 0 Å². The number of carbonyl (C=O) groups excluding carboxylic acids is 1. The SMILES string of the molecule is CCCC(C=CS(=O)(=O)OCC)(CCCc1ccc(Sc2cccc(OCc3ccccc3)c2)cc1Cl)NC(=O)OC(C)(C)C. The van der Waals surface area contributed by atoms with Crippen LogP contribution in [-0.4, -0.2) is 32.3 Å². The predicted molar refractivity (Wildman–Crippen MR) is 182 cm³/mol. The number of amides is 1. The van der Waals surface area contributed by atoms with Gasteiger partial charge in [-0.2, -0.15) is 8.42 Å². The van der Waals surface area contributed by atoms with E-state index in [9.17, 15) is 13.2 Å². The zero-order valence-electron chi connectivity index (χ0n) is 26.7. The average Bonchev–Trinajstić information content (AvgIpc) is 2.96. The van der Waals surface area contributed by atoms with Gasteiger partial charge in [0.2, 0.25) is 0 Å². The van der Waals surface area contributed by atoms with Gasteiger partial charge in [-0.25, -0.2) is 4.79 Å². The molecule has 0 fully saturated rings. The molecule has 1 amide bonds. The molecule has 0 saturated heterocycles. The number of hydrogen-bond donors (Lipinski definition) is 1. The van der Waals surface area contributed by atoms with Crippen LogP contribution in [0.3, 0.4) is 0 Å². The van der Waals surface area contributed by atoms with E-state index in [2.05, 4.69) is 5.32 Å². The number of alkyl carbamates (subject to hydrolysis) is 1. The Bertz CT molecular complexity index is 1520. The monoisotopic (exact) mass is 673 g/mol. The molecule has 0 heterocycles. The van der Waals surface area contributed by atoms with E-state index in [0.717, 1.165) is 32.1 Å². The van der Waals surface area contributed by atoms with Crippen molar-refractivity contribution in [2.45, 2.75) is 94.3 Å². The van der Waals surface area contributed by atoms with Crippen molar-refractivity contribution < 1.29 is 26.9 Å². The number of benzene rings is 3. The third-order valence-electron chi connectivity index (χ3n) is 6.66. The van der Waals surface area contributed by atoms with E-state index in [-0.39, 0.29) is 6.61 Å². The summed E-state index contributed by atoms with van der Waals surface area (Å²) in [7, 11) is -3.89. The normalized spacial score (nSPS) is 13.4. The number of nitrogens with one attached hydrogen (secondary N) is 1. The van der Waals surface area contributed by atoms with Crippen molar-refractivity contribution in [1.82, 2.24) is 5.32 Å². The zero-order chi connectivity index (χ0) is 32.9. The summed E-state index contributed by atoms with van der Waals surface area (Å²) in [4.78, 5) is 14.9. The minimum Gasteiger partial charge on any atom is -0.489 e. The van der Waals surface area contributed by atoms with E-state index < -0.39 is 27.4 Å². The summed E-state index contributed by atoms with van der Waals surface area (Å²) in [6, 6.07) is 24.0. The van der Waals surface area contributed by atoms with Gasteiger partial charge in [0.1, 0.15) is 18.0 Å². The zero-order valence-corrected chi connectivity index (χ0v) is 29.1. The lowest BCUT2D eigenvalue weighted by atomic mass is 9.87. The van der Waals surface area contributed by atoms with E-state index >= 15 is 0 Å². The predicted octanol–water partition coefficient (Wildman–Crippen LogP) is 9.34. The van der Waals surface area contributed by atoms with Gasteiger partial charge in [0, 0.05) is 14.8 Å². The maximum atomic E-state index is 12.8. The molecule has 1 atom stereocenters. The molecule has 0 bridgehead atoms. The van der Waals surface area contributed by atoms with Crippen molar-refractivity contribution in [2.75, 3.05) is 6.61 Å². The second kappa shape index (κ2) is 17.1. The molecule has 45 heavy (non-hydrogen) atoms. The van der Waals surface area contributed by atoms with Crippen molar-refractivity contribution in [3.05, 3.63) is 100 Å². The second-order valence-electron chi connectivity index (χ2n) is 11.7. The van der Waals surface area contributed by atoms with E-state index in [1.807, 2.05) is 79.7 Å². The summed E-state index contributed by atoms with van der Waals surface area (Å²) in [6.07, 6.45) is 3.89. The molecule has 0 spiro atoms. The minimum absolute atomic E-state index is 0.0210. The Morgan fingerprint density at radius 2 is 1.69 bits per heavy atom. The average molecular weight is 674 g/mol. The molecule has 3 aromatic rings. The minimum atomic E-state index is -3.89. The van der Waals surface area contributed by atoms with Gasteiger partial charge in [-0.3, -0.25) is 4.18 Å². The van der Waals surface area contributed by atoms with Gasteiger partial charge in [-0.1, -0.05) is 79.2 Å². The molecule has 0 aliphatic heterocycles. The smallest absolute Gasteiger partial charge is 0.408 e. The summed E-state index contributed by atoms with van der Waals surface area (Å²) >= 11 is 8.33. The Labute approximate surface area is 277 Å². The Balaban J connectivity index is 1.69. The first-order chi connectivity index (χ1) is 21.3. The van der Waals surface area contributed by atoms with Gasteiger partial charge < -0.3 is 14.8 Å². The maximum absolute atomic E-state index is 12.8. The Kier molecular flexibility index (Phi) is 13.8. The van der Waals surface area contributed by atoms with Crippen molar-refractivity contribution >= 4 is 39.6 Å². The standard InChI is InChI=1S/C35H44ClNO6S2/c1-6-20-35(22-23-45(39,40)42-7-2,37-33(38)43-34(3,4)5)21-12-15-28-18-19-31(25-32(28)36)44-30-17-11-16-29(24-30)41-26-27-13-9-8-10-14-27/h8-11,13-14,16-19,22-25H,6-7,12,15,20-21,26H2,1-5H3,(H,37,38). The molecule has 7 nitrogen and oxygen atoms in total. The van der Waals surface area contributed by atoms with Crippen molar-refractivity contribution in [1.29, 1.82) is 0 Å². The maximum Gasteiger partial charge on any atom is 0.408 e. The quantitative estimate of drug-likeness (QED) is 0.152. The van der Waals surface area contributed by atoms with Crippen LogP contribution in [0.5, 0.6) is 5.75 Å². The van der Waals surface area contributed by atoms with Crippen molar-refractivity contribution in [2.24, 2.45) is 0 Å². The lowest BCUT2D eigenvalue weighted by Crippen LogP contribution is -2.49. The van der Waals surface area contributed by atoms with Crippen LogP contribution in [0.2, 0.25) is 5.02 Å². The van der Waals surface area contributed by atoms with Crippen LogP contribution < -0.4 is 10.1 Å². The molecule has 0 aromatic heterocycles. The highest BCUT2D eigenvalue weighted by Gasteiger charge is 2.31. The van der Waals surface area contributed by atoms with Gasteiger partial charge in [-0.05, 0) is 101 Å². The molecule has 1 N–H and O–H groups in total. The van der Waals surface area contributed by atoms with Crippen molar-refractivity contribution in [3.8, 4) is 5.75 Å². The Morgan fingerprint density at radius 1 is 0.956 bits per heavy atom. The molecule has 10 heteroatoms. The first kappa shape index (κ1) is 36.5. The number of carbonyl (C=O) groups is 1. The summed E-state index contributed by atoms with van der Waals surface area (Å²) in [5, 5.41) is 4.63. The first-order valence-corrected chi connectivity index (χ1v) is 17.8. The van der Waals surface area contributed by atoms with E-state index in [4.69, 9.17) is 25.3 Å². The van der Waals surface area contributed by atoms with Gasteiger partial charge in [-0.15, -0.1) is 0 Å². The van der Waals surface area contributed by atoms with Crippen LogP contribution in [0.1, 0.15) is 71.4 Å². The molecule has 0 aliphatic rings. The summed E-state index contributed by atoms with van der Waals surface area (Å²) in [5.74, 6) is 0.797. The van der Waals surface area contributed by atoms with Gasteiger partial charge >= 0.3 is 6.09 Å². The van der Waals surface area contributed by atoms with Gasteiger partial charge in [0.05, 0.1) is 17.6 Å². The molecule has 0 aliphatic carbocycles. The molecule has 0 saturated carbocycles. The number of aryl methyl sites for hydroxylation is 1. The lowest BCUT2D eigenvalue weighted by molar-refractivity contribution is 0.0467. The molecule has 1 unspecified atom stereocenters. The van der Waals surface area contributed by atoms with Crippen molar-refractivity contribution in [3.63, 3.8) is 0 Å². The fourth-order valence-electron chi connectivity index (χ4n) is 4.72. The molecular formula is C35H44ClNO6S2. The molecule has 3 rings (SSSR count). The second-order valence-corrected chi connectivity index (χ2v) is 14.7. The highest BCUT2D eigenvalue weighted by molar-refractivity contribution is 7.99. The highest BCUT2D eigenvalue weighted by atomic mass is 35.5. The third-order valence-corrected chi connectivity index (χ3v) is 9.03. The summed E-state index contributed by atoms with van der Waals surface area (Å²) < 4.78 is 41.0. The van der Waals surface area contributed by atoms with Gasteiger partial charge in [0.15, 0.2) is 0 Å². The Hall–Kier alpha value is -2.98.